The number of nitrogens with two attached hydrogens (primary N) is 1. The van der Waals surface area contributed by atoms with Gasteiger partial charge in [-0.15, -0.1) is 0 Å². The minimum absolute atomic E-state index is 0.173. The summed E-state index contributed by atoms with van der Waals surface area (Å²) < 4.78 is 1.69. The van der Waals surface area contributed by atoms with E-state index in [-0.39, 0.29) is 5.69 Å². The number of fused-ring (bicyclic) bond motifs is 1. The van der Waals surface area contributed by atoms with Crippen LogP contribution in [0.4, 0.5) is 0 Å². The van der Waals surface area contributed by atoms with Crippen molar-refractivity contribution in [3.63, 3.8) is 0 Å². The first-order valence-corrected chi connectivity index (χ1v) is 8.97. The molecule has 1 saturated carbocycles. The zero-order valence-electron chi connectivity index (χ0n) is 14.4. The zero-order valence-corrected chi connectivity index (χ0v) is 14.4. The quantitative estimate of drug-likeness (QED) is 0.753. The molecule has 7 heteroatoms. The van der Waals surface area contributed by atoms with Crippen molar-refractivity contribution in [3.8, 4) is 11.3 Å². The third-order valence-electron chi connectivity index (χ3n) is 5.09. The molecule has 1 fully saturated rings. The highest BCUT2D eigenvalue weighted by molar-refractivity contribution is 5.94. The molecule has 3 aromatic rings. The van der Waals surface area contributed by atoms with Crippen LogP contribution in [-0.4, -0.2) is 25.4 Å². The molecule has 1 aliphatic rings. The highest BCUT2D eigenvalue weighted by Crippen LogP contribution is 2.26. The molecule has 2 heterocycles. The van der Waals surface area contributed by atoms with Crippen LogP contribution in [0.1, 0.15) is 42.5 Å². The molecule has 1 amide bonds. The number of amides is 1. The lowest BCUT2D eigenvalue weighted by Gasteiger charge is -2.21. The van der Waals surface area contributed by atoms with E-state index in [9.17, 15) is 9.59 Å². The highest BCUT2D eigenvalue weighted by Gasteiger charge is 2.18. The monoisotopic (exact) mass is 351 g/mol. The predicted molar refractivity (Wildman–Crippen MR) is 98.7 cm³/mol. The van der Waals surface area contributed by atoms with E-state index in [0.717, 1.165) is 18.4 Å². The minimum Gasteiger partial charge on any atom is -0.366 e. The predicted octanol–water partition coefficient (Wildman–Crippen LogP) is 2.47. The molecular formula is C19H21N5O2. The van der Waals surface area contributed by atoms with Crippen molar-refractivity contribution in [2.75, 3.05) is 0 Å². The van der Waals surface area contributed by atoms with Gasteiger partial charge in [-0.3, -0.25) is 14.3 Å². The second-order valence-electron chi connectivity index (χ2n) is 6.92. The Morgan fingerprint density at radius 1 is 1.27 bits per heavy atom. The second kappa shape index (κ2) is 6.74. The summed E-state index contributed by atoms with van der Waals surface area (Å²) in [6.45, 7) is 0.665. The van der Waals surface area contributed by atoms with E-state index in [1.165, 1.54) is 19.3 Å². The van der Waals surface area contributed by atoms with Crippen molar-refractivity contribution in [1.29, 1.82) is 0 Å². The van der Waals surface area contributed by atoms with E-state index in [0.29, 0.717) is 35.0 Å². The van der Waals surface area contributed by atoms with Gasteiger partial charge in [0.15, 0.2) is 11.3 Å². The number of nitrogens with one attached hydrogen (secondary N) is 1. The van der Waals surface area contributed by atoms with Crippen LogP contribution in [0.3, 0.4) is 0 Å². The van der Waals surface area contributed by atoms with Gasteiger partial charge in [0, 0.05) is 17.7 Å². The number of primary amides is 1. The van der Waals surface area contributed by atoms with Crippen LogP contribution in [0.5, 0.6) is 0 Å². The molecule has 1 aliphatic carbocycles. The summed E-state index contributed by atoms with van der Waals surface area (Å²) in [5, 5.41) is 0. The summed E-state index contributed by atoms with van der Waals surface area (Å²) >= 11 is 0. The standard InChI is InChI=1S/C19H21N5O2/c20-16(25)14-8-4-7-13(9-14)15-10-21-17-18(22-15)24(19(26)23-17)11-12-5-2-1-3-6-12/h4,7-10,12H,1-3,5-6,11H2,(H2,20,25)(H,21,23,26). The molecule has 4 rings (SSSR count). The van der Waals surface area contributed by atoms with Gasteiger partial charge in [-0.05, 0) is 30.9 Å². The highest BCUT2D eigenvalue weighted by atomic mass is 16.1. The Kier molecular flexibility index (Phi) is 4.28. The first-order valence-electron chi connectivity index (χ1n) is 8.97. The van der Waals surface area contributed by atoms with Crippen molar-refractivity contribution >= 4 is 17.2 Å². The summed E-state index contributed by atoms with van der Waals surface area (Å²) in [4.78, 5) is 35.6. The van der Waals surface area contributed by atoms with E-state index in [2.05, 4.69) is 15.0 Å². The second-order valence-corrected chi connectivity index (χ2v) is 6.92. The SMILES string of the molecule is NC(=O)c1cccc(-c2cnc3[nH]c(=O)n(CC4CCCCC4)c3n2)c1. The molecule has 0 unspecified atom stereocenters. The Labute approximate surface area is 150 Å². The molecule has 0 atom stereocenters. The lowest BCUT2D eigenvalue weighted by atomic mass is 9.89. The Bertz CT molecular complexity index is 1010. The number of imidazole rings is 1. The molecule has 26 heavy (non-hydrogen) atoms. The smallest absolute Gasteiger partial charge is 0.328 e. The van der Waals surface area contributed by atoms with Crippen molar-refractivity contribution < 1.29 is 4.79 Å². The van der Waals surface area contributed by atoms with Gasteiger partial charge in [-0.25, -0.2) is 14.8 Å². The molecule has 0 spiro atoms. The van der Waals surface area contributed by atoms with Gasteiger partial charge >= 0.3 is 5.69 Å². The summed E-state index contributed by atoms with van der Waals surface area (Å²) in [5.74, 6) is 0.0147. The fraction of sp³-hybridized carbons (Fsp3) is 0.368. The Morgan fingerprint density at radius 2 is 2.08 bits per heavy atom. The number of aromatic nitrogens is 4. The maximum absolute atomic E-state index is 12.4. The topological polar surface area (TPSA) is 107 Å². The normalized spacial score (nSPS) is 15.4. The molecule has 0 radical (unpaired) electrons. The third kappa shape index (κ3) is 3.12. The van der Waals surface area contributed by atoms with Crippen LogP contribution in [-0.2, 0) is 6.54 Å². The summed E-state index contributed by atoms with van der Waals surface area (Å²) in [7, 11) is 0. The van der Waals surface area contributed by atoms with Crippen molar-refractivity contribution in [1.82, 2.24) is 19.5 Å². The molecule has 0 saturated heterocycles. The molecule has 2 aromatic heterocycles. The maximum Gasteiger partial charge on any atom is 0.328 e. The van der Waals surface area contributed by atoms with Crippen LogP contribution in [0.2, 0.25) is 0 Å². The van der Waals surface area contributed by atoms with E-state index in [1.807, 2.05) is 6.07 Å². The summed E-state index contributed by atoms with van der Waals surface area (Å²) in [5.41, 5.74) is 8.00. The van der Waals surface area contributed by atoms with Crippen molar-refractivity contribution in [2.45, 2.75) is 38.6 Å². The van der Waals surface area contributed by atoms with Gasteiger partial charge in [-0.1, -0.05) is 31.4 Å². The van der Waals surface area contributed by atoms with E-state index in [4.69, 9.17) is 5.73 Å². The number of hydrogen-bond donors (Lipinski definition) is 2. The number of carbonyl (C=O) groups excluding carboxylic acids is 1. The first-order chi connectivity index (χ1) is 12.6. The fourth-order valence-electron chi connectivity index (χ4n) is 3.69. The van der Waals surface area contributed by atoms with E-state index in [1.54, 1.807) is 29.0 Å². The van der Waals surface area contributed by atoms with Crippen LogP contribution in [0.15, 0.2) is 35.3 Å². The minimum atomic E-state index is -0.489. The number of carbonyl (C=O) groups is 1. The van der Waals surface area contributed by atoms with Crippen LogP contribution < -0.4 is 11.4 Å². The molecule has 0 bridgehead atoms. The molecule has 7 nitrogen and oxygen atoms in total. The molecule has 1 aromatic carbocycles. The molecular weight excluding hydrogens is 330 g/mol. The average molecular weight is 351 g/mol. The number of hydrogen-bond acceptors (Lipinski definition) is 4. The number of benzene rings is 1. The zero-order chi connectivity index (χ0) is 18.1. The molecule has 134 valence electrons. The lowest BCUT2D eigenvalue weighted by Crippen LogP contribution is -2.23. The van der Waals surface area contributed by atoms with Gasteiger partial charge in [0.2, 0.25) is 5.91 Å². The Hall–Kier alpha value is -2.96. The largest absolute Gasteiger partial charge is 0.366 e. The Morgan fingerprint density at radius 3 is 2.85 bits per heavy atom. The van der Waals surface area contributed by atoms with Crippen LogP contribution in [0.25, 0.3) is 22.6 Å². The van der Waals surface area contributed by atoms with Gasteiger partial charge < -0.3 is 5.73 Å². The van der Waals surface area contributed by atoms with Gasteiger partial charge in [0.25, 0.3) is 0 Å². The van der Waals surface area contributed by atoms with Crippen molar-refractivity contribution in [2.24, 2.45) is 11.7 Å². The number of H-pyrrole nitrogens is 1. The third-order valence-corrected chi connectivity index (χ3v) is 5.09. The van der Waals surface area contributed by atoms with E-state index >= 15 is 0 Å². The van der Waals surface area contributed by atoms with Crippen LogP contribution >= 0.6 is 0 Å². The van der Waals surface area contributed by atoms with Gasteiger partial charge in [0.05, 0.1) is 11.9 Å². The number of nitrogens with zero attached hydrogens (tertiary/aromatic N) is 3. The van der Waals surface area contributed by atoms with Crippen molar-refractivity contribution in [3.05, 3.63) is 46.5 Å². The number of rotatable bonds is 4. The molecule has 0 aliphatic heterocycles. The molecule has 3 N–H and O–H groups in total. The lowest BCUT2D eigenvalue weighted by molar-refractivity contribution is 0.100. The Balaban J connectivity index is 1.74. The van der Waals surface area contributed by atoms with Gasteiger partial charge in [-0.2, -0.15) is 0 Å². The number of aromatic amines is 1. The van der Waals surface area contributed by atoms with E-state index < -0.39 is 5.91 Å². The maximum atomic E-state index is 12.4. The van der Waals surface area contributed by atoms with Gasteiger partial charge in [0.1, 0.15) is 0 Å². The first kappa shape index (κ1) is 16.5. The average Bonchev–Trinajstić information content (AvgIpc) is 2.97. The summed E-state index contributed by atoms with van der Waals surface area (Å²) in [6.07, 6.45) is 7.61. The fourth-order valence-corrected chi connectivity index (χ4v) is 3.69. The summed E-state index contributed by atoms with van der Waals surface area (Å²) in [6, 6.07) is 6.95. The van der Waals surface area contributed by atoms with Crippen LogP contribution in [0, 0.1) is 5.92 Å².